The van der Waals surface area contributed by atoms with Gasteiger partial charge < -0.3 is 19.5 Å². The first kappa shape index (κ1) is 26.8. The molecular formula is C31H36FN5O2. The number of likely N-dealkylation sites (tertiary alicyclic amines) is 1. The number of fused-ring (bicyclic) bond motifs is 1. The minimum atomic E-state index is -0.206. The van der Waals surface area contributed by atoms with Crippen molar-refractivity contribution in [3.63, 3.8) is 0 Å². The van der Waals surface area contributed by atoms with Crippen LogP contribution in [0.3, 0.4) is 0 Å². The Morgan fingerprint density at radius 1 is 1.10 bits per heavy atom. The molecule has 204 valence electrons. The van der Waals surface area contributed by atoms with Gasteiger partial charge in [-0.25, -0.2) is 9.37 Å². The number of aromatic nitrogens is 3. The van der Waals surface area contributed by atoms with E-state index in [0.717, 1.165) is 36.2 Å². The van der Waals surface area contributed by atoms with Crippen molar-refractivity contribution in [3.05, 3.63) is 71.8 Å². The van der Waals surface area contributed by atoms with Gasteiger partial charge in [-0.3, -0.25) is 9.78 Å². The second-order valence-corrected chi connectivity index (χ2v) is 11.0. The fraction of sp³-hybridized carbons (Fsp3) is 0.387. The zero-order valence-corrected chi connectivity index (χ0v) is 23.2. The van der Waals surface area contributed by atoms with Crippen LogP contribution >= 0.6 is 0 Å². The second-order valence-electron chi connectivity index (χ2n) is 11.0. The Hall–Kier alpha value is -3.78. The summed E-state index contributed by atoms with van der Waals surface area (Å²) in [5.41, 5.74) is 3.86. The summed E-state index contributed by atoms with van der Waals surface area (Å²) in [6, 6.07) is 14.9. The van der Waals surface area contributed by atoms with Gasteiger partial charge in [0.1, 0.15) is 23.1 Å². The summed E-state index contributed by atoms with van der Waals surface area (Å²) in [6.07, 6.45) is 2.90. The van der Waals surface area contributed by atoms with Crippen LogP contribution in [0.4, 0.5) is 16.0 Å². The number of hydrogen-bond donors (Lipinski definition) is 1. The minimum Gasteiger partial charge on any atom is -0.457 e. The summed E-state index contributed by atoms with van der Waals surface area (Å²) in [4.78, 5) is 24.4. The van der Waals surface area contributed by atoms with E-state index in [4.69, 9.17) is 9.72 Å². The number of aryl methyl sites for hydroxylation is 1. The molecule has 39 heavy (non-hydrogen) atoms. The molecule has 0 saturated carbocycles. The number of benzene rings is 2. The van der Waals surface area contributed by atoms with E-state index in [9.17, 15) is 9.18 Å². The van der Waals surface area contributed by atoms with Crippen LogP contribution in [0.15, 0.2) is 54.7 Å². The summed E-state index contributed by atoms with van der Waals surface area (Å²) in [5, 5.41) is 3.31. The maximum Gasteiger partial charge on any atom is 0.208 e. The topological polar surface area (TPSA) is 72.3 Å². The van der Waals surface area contributed by atoms with Crippen molar-refractivity contribution < 1.29 is 13.9 Å². The van der Waals surface area contributed by atoms with Crippen LogP contribution in [-0.2, 0) is 18.3 Å². The SMILES string of the molecule is CC(C)c1cc(Nc2nc3cc(Oc4ccnc(CC(=O)C5CCN(C(C)C)C5)c4)ccc3n2C)ccc1F. The van der Waals surface area contributed by atoms with E-state index in [0.29, 0.717) is 41.2 Å². The summed E-state index contributed by atoms with van der Waals surface area (Å²) in [6.45, 7) is 10.1. The predicted octanol–water partition coefficient (Wildman–Crippen LogP) is 6.61. The largest absolute Gasteiger partial charge is 0.457 e. The molecule has 0 aliphatic carbocycles. The number of anilines is 2. The molecule has 1 aliphatic heterocycles. The number of halogens is 1. The average Bonchev–Trinajstić information content (AvgIpc) is 3.51. The number of carbonyl (C=O) groups is 1. The Balaban J connectivity index is 1.29. The minimum absolute atomic E-state index is 0.0695. The maximum absolute atomic E-state index is 14.1. The predicted molar refractivity (Wildman–Crippen MR) is 152 cm³/mol. The Kier molecular flexibility index (Phi) is 7.66. The van der Waals surface area contributed by atoms with Crippen molar-refractivity contribution in [2.45, 2.75) is 52.5 Å². The fourth-order valence-electron chi connectivity index (χ4n) is 5.14. The van der Waals surface area contributed by atoms with Gasteiger partial charge in [-0.2, -0.15) is 0 Å². The highest BCUT2D eigenvalue weighted by Crippen LogP contribution is 2.30. The highest BCUT2D eigenvalue weighted by molar-refractivity contribution is 5.83. The third-order valence-corrected chi connectivity index (χ3v) is 7.51. The molecule has 2 aromatic heterocycles. The summed E-state index contributed by atoms with van der Waals surface area (Å²) in [5.74, 6) is 2.10. The highest BCUT2D eigenvalue weighted by Gasteiger charge is 2.29. The summed E-state index contributed by atoms with van der Waals surface area (Å²) >= 11 is 0. The first-order valence-corrected chi connectivity index (χ1v) is 13.6. The molecule has 0 spiro atoms. The van der Waals surface area contributed by atoms with E-state index in [1.807, 2.05) is 55.8 Å². The molecule has 5 rings (SSSR count). The van der Waals surface area contributed by atoms with Gasteiger partial charge >= 0.3 is 0 Å². The molecule has 1 N–H and O–H groups in total. The van der Waals surface area contributed by atoms with E-state index in [-0.39, 0.29) is 23.4 Å². The fourth-order valence-corrected chi connectivity index (χ4v) is 5.14. The lowest BCUT2D eigenvalue weighted by Crippen LogP contribution is -2.30. The zero-order chi connectivity index (χ0) is 27.7. The number of ether oxygens (including phenoxy) is 1. The second kappa shape index (κ2) is 11.1. The number of rotatable bonds is 9. The molecule has 1 aliphatic rings. The lowest BCUT2D eigenvalue weighted by Gasteiger charge is -2.19. The van der Waals surface area contributed by atoms with E-state index in [2.05, 4.69) is 29.0 Å². The van der Waals surface area contributed by atoms with E-state index < -0.39 is 0 Å². The lowest BCUT2D eigenvalue weighted by atomic mass is 9.99. The zero-order valence-electron chi connectivity index (χ0n) is 23.2. The molecular weight excluding hydrogens is 493 g/mol. The van der Waals surface area contributed by atoms with Crippen LogP contribution in [0.2, 0.25) is 0 Å². The molecule has 2 aromatic carbocycles. The quantitative estimate of drug-likeness (QED) is 0.263. The summed E-state index contributed by atoms with van der Waals surface area (Å²) < 4.78 is 22.2. The van der Waals surface area contributed by atoms with Crippen molar-refractivity contribution in [2.75, 3.05) is 18.4 Å². The van der Waals surface area contributed by atoms with Crippen LogP contribution in [0.5, 0.6) is 11.5 Å². The first-order chi connectivity index (χ1) is 18.7. The van der Waals surface area contributed by atoms with Crippen molar-refractivity contribution in [2.24, 2.45) is 13.0 Å². The van der Waals surface area contributed by atoms with E-state index in [1.165, 1.54) is 6.07 Å². The molecule has 4 aromatic rings. The van der Waals surface area contributed by atoms with Crippen LogP contribution < -0.4 is 10.1 Å². The number of carbonyl (C=O) groups excluding carboxylic acids is 1. The number of nitrogens with one attached hydrogen (secondary N) is 1. The molecule has 8 heteroatoms. The van der Waals surface area contributed by atoms with Crippen molar-refractivity contribution >= 4 is 28.5 Å². The van der Waals surface area contributed by atoms with Gasteiger partial charge in [-0.05, 0) is 74.7 Å². The Morgan fingerprint density at radius 2 is 1.90 bits per heavy atom. The Labute approximate surface area is 229 Å². The summed E-state index contributed by atoms with van der Waals surface area (Å²) in [7, 11) is 1.93. The molecule has 0 radical (unpaired) electrons. The normalized spacial score (nSPS) is 15.9. The van der Waals surface area contributed by atoms with Gasteiger partial charge in [0.25, 0.3) is 0 Å². The van der Waals surface area contributed by atoms with Crippen LogP contribution in [0.1, 0.15) is 51.3 Å². The third kappa shape index (κ3) is 5.96. The van der Waals surface area contributed by atoms with Crippen LogP contribution in [-0.4, -0.2) is 44.3 Å². The smallest absolute Gasteiger partial charge is 0.208 e. The van der Waals surface area contributed by atoms with Gasteiger partial charge in [0.2, 0.25) is 5.95 Å². The number of Topliss-reactive ketones (excluding diaryl/α,β-unsaturated/α-hetero) is 1. The molecule has 3 heterocycles. The standard InChI is InChI=1S/C31H36FN5O2/c1-19(2)26-15-22(6-8-27(26)32)34-31-35-28-17-24(7-9-29(28)36(31)5)39-25-10-12-33-23(14-25)16-30(38)21-11-13-37(18-21)20(3)4/h6-10,12,14-15,17,19-21H,11,13,16,18H2,1-5H3,(H,34,35). The Bertz CT molecular complexity index is 1500. The molecule has 0 bridgehead atoms. The molecule has 0 amide bonds. The van der Waals surface area contributed by atoms with Crippen LogP contribution in [0.25, 0.3) is 11.0 Å². The van der Waals surface area contributed by atoms with Crippen molar-refractivity contribution in [3.8, 4) is 11.5 Å². The van der Waals surface area contributed by atoms with E-state index >= 15 is 0 Å². The van der Waals surface area contributed by atoms with Crippen molar-refractivity contribution in [1.29, 1.82) is 0 Å². The van der Waals surface area contributed by atoms with Gasteiger partial charge in [-0.15, -0.1) is 0 Å². The van der Waals surface area contributed by atoms with Gasteiger partial charge in [-0.1, -0.05) is 13.8 Å². The highest BCUT2D eigenvalue weighted by atomic mass is 19.1. The molecule has 1 atom stereocenters. The molecule has 1 saturated heterocycles. The molecule has 1 unspecified atom stereocenters. The number of pyridine rings is 1. The monoisotopic (exact) mass is 529 g/mol. The van der Waals surface area contributed by atoms with Crippen LogP contribution in [0, 0.1) is 11.7 Å². The molecule has 1 fully saturated rings. The number of nitrogens with zero attached hydrogens (tertiary/aromatic N) is 4. The lowest BCUT2D eigenvalue weighted by molar-refractivity contribution is -0.121. The first-order valence-electron chi connectivity index (χ1n) is 13.6. The molecule has 7 nitrogen and oxygen atoms in total. The number of imidazole rings is 1. The van der Waals surface area contributed by atoms with E-state index in [1.54, 1.807) is 18.3 Å². The average molecular weight is 530 g/mol. The number of hydrogen-bond acceptors (Lipinski definition) is 6. The van der Waals surface area contributed by atoms with Crippen molar-refractivity contribution in [1.82, 2.24) is 19.4 Å². The maximum atomic E-state index is 14.1. The third-order valence-electron chi connectivity index (χ3n) is 7.51. The Morgan fingerprint density at radius 3 is 2.64 bits per heavy atom. The van der Waals surface area contributed by atoms with Gasteiger partial charge in [0.05, 0.1) is 16.7 Å². The van der Waals surface area contributed by atoms with Gasteiger partial charge in [0, 0.05) is 56.0 Å². The van der Waals surface area contributed by atoms with Gasteiger partial charge in [0.15, 0.2) is 0 Å². The number of ketones is 1.